The zero-order valence-corrected chi connectivity index (χ0v) is 12.6. The van der Waals surface area contributed by atoms with Crippen LogP contribution in [0.25, 0.3) is 0 Å². The summed E-state index contributed by atoms with van der Waals surface area (Å²) in [5.74, 6) is -0.0253. The van der Waals surface area contributed by atoms with Crippen LogP contribution in [0.2, 0.25) is 0 Å². The first-order valence-electron chi connectivity index (χ1n) is 6.17. The molecule has 0 aliphatic heterocycles. The fraction of sp³-hybridized carbons (Fsp3) is 0.462. The van der Waals surface area contributed by atoms with Crippen LogP contribution in [0.1, 0.15) is 25.8 Å². The molecule has 0 saturated heterocycles. The lowest BCUT2D eigenvalue weighted by molar-refractivity contribution is -0.147. The SMILES string of the molecule is CCC(C)OC(=O)Cc1cc(S(N)(=O)=O)ccc1OC. The first-order valence-corrected chi connectivity index (χ1v) is 7.71. The molecular weight excluding hydrogens is 282 g/mol. The quantitative estimate of drug-likeness (QED) is 0.797. The molecule has 1 aromatic rings. The van der Waals surface area contributed by atoms with Crippen LogP contribution in [0.4, 0.5) is 0 Å². The number of nitrogens with two attached hydrogens (primary N) is 1. The molecular formula is C13H19NO5S. The van der Waals surface area contributed by atoms with Crippen molar-refractivity contribution in [1.82, 2.24) is 0 Å². The van der Waals surface area contributed by atoms with Crippen molar-refractivity contribution in [2.24, 2.45) is 5.14 Å². The summed E-state index contributed by atoms with van der Waals surface area (Å²) in [4.78, 5) is 11.7. The lowest BCUT2D eigenvalue weighted by Gasteiger charge is -2.13. The topological polar surface area (TPSA) is 95.7 Å². The summed E-state index contributed by atoms with van der Waals surface area (Å²) in [7, 11) is -2.38. The van der Waals surface area contributed by atoms with Gasteiger partial charge in [-0.3, -0.25) is 4.79 Å². The van der Waals surface area contributed by atoms with Crippen LogP contribution in [0.15, 0.2) is 23.1 Å². The molecule has 1 rings (SSSR count). The number of ether oxygens (including phenoxy) is 2. The molecule has 20 heavy (non-hydrogen) atoms. The molecule has 0 amide bonds. The van der Waals surface area contributed by atoms with Gasteiger partial charge in [0.25, 0.3) is 0 Å². The molecule has 0 bridgehead atoms. The number of methoxy groups -OCH3 is 1. The van der Waals surface area contributed by atoms with Gasteiger partial charge in [0, 0.05) is 5.56 Å². The maximum Gasteiger partial charge on any atom is 0.310 e. The van der Waals surface area contributed by atoms with Gasteiger partial charge < -0.3 is 9.47 Å². The smallest absolute Gasteiger partial charge is 0.310 e. The van der Waals surface area contributed by atoms with Crippen molar-refractivity contribution in [2.45, 2.75) is 37.7 Å². The van der Waals surface area contributed by atoms with Gasteiger partial charge in [-0.25, -0.2) is 13.6 Å². The lowest BCUT2D eigenvalue weighted by Crippen LogP contribution is -2.17. The van der Waals surface area contributed by atoms with Crippen molar-refractivity contribution in [3.8, 4) is 5.75 Å². The summed E-state index contributed by atoms with van der Waals surface area (Å²) >= 11 is 0. The monoisotopic (exact) mass is 301 g/mol. The van der Waals surface area contributed by atoms with E-state index in [0.29, 0.717) is 17.7 Å². The standard InChI is InChI=1S/C13H19NO5S/c1-4-9(2)19-13(15)8-10-7-11(20(14,16)17)5-6-12(10)18-3/h5-7,9H,4,8H2,1-3H3,(H2,14,16,17). The molecule has 0 aliphatic rings. The summed E-state index contributed by atoms with van der Waals surface area (Å²) in [6, 6.07) is 4.12. The normalized spacial score (nSPS) is 12.8. The Kier molecular flexibility index (Phi) is 5.52. The highest BCUT2D eigenvalue weighted by atomic mass is 32.2. The second-order valence-corrected chi connectivity index (χ2v) is 5.97. The predicted molar refractivity (Wildman–Crippen MR) is 73.9 cm³/mol. The molecule has 1 unspecified atom stereocenters. The van der Waals surface area contributed by atoms with E-state index in [4.69, 9.17) is 14.6 Å². The summed E-state index contributed by atoms with van der Waals surface area (Å²) < 4.78 is 32.9. The van der Waals surface area contributed by atoms with E-state index in [2.05, 4.69) is 0 Å². The van der Waals surface area contributed by atoms with E-state index in [1.54, 1.807) is 6.92 Å². The molecule has 6 nitrogen and oxygen atoms in total. The third-order valence-corrected chi connectivity index (χ3v) is 3.73. The molecule has 0 fully saturated rings. The minimum atomic E-state index is -3.82. The highest BCUT2D eigenvalue weighted by Gasteiger charge is 2.16. The Morgan fingerprint density at radius 3 is 2.55 bits per heavy atom. The van der Waals surface area contributed by atoms with E-state index in [-0.39, 0.29) is 17.4 Å². The fourth-order valence-electron chi connectivity index (χ4n) is 1.57. The van der Waals surface area contributed by atoms with E-state index >= 15 is 0 Å². The minimum absolute atomic E-state index is 0.0651. The van der Waals surface area contributed by atoms with Crippen LogP contribution in [0, 0.1) is 0 Å². The number of carbonyl (C=O) groups is 1. The van der Waals surface area contributed by atoms with Crippen molar-refractivity contribution < 1.29 is 22.7 Å². The van der Waals surface area contributed by atoms with E-state index < -0.39 is 16.0 Å². The van der Waals surface area contributed by atoms with Gasteiger partial charge in [-0.05, 0) is 31.5 Å². The average Bonchev–Trinajstić information content (AvgIpc) is 2.37. The Morgan fingerprint density at radius 1 is 1.40 bits per heavy atom. The van der Waals surface area contributed by atoms with E-state index in [1.807, 2.05) is 6.92 Å². The molecule has 0 aromatic heterocycles. The van der Waals surface area contributed by atoms with Crippen LogP contribution in [-0.2, 0) is 26.0 Å². The van der Waals surface area contributed by atoms with Gasteiger partial charge in [0.1, 0.15) is 5.75 Å². The number of carbonyl (C=O) groups excluding carboxylic acids is 1. The Hall–Kier alpha value is -1.60. The highest BCUT2D eigenvalue weighted by Crippen LogP contribution is 2.23. The van der Waals surface area contributed by atoms with Crippen molar-refractivity contribution in [1.29, 1.82) is 0 Å². The molecule has 0 saturated carbocycles. The van der Waals surface area contributed by atoms with E-state index in [9.17, 15) is 13.2 Å². The predicted octanol–water partition coefficient (Wildman–Crippen LogP) is 1.23. The second kappa shape index (κ2) is 6.71. The Bertz CT molecular complexity index is 582. The Labute approximate surface area is 118 Å². The third kappa shape index (κ3) is 4.50. The molecule has 1 atom stereocenters. The molecule has 0 aliphatic carbocycles. The minimum Gasteiger partial charge on any atom is -0.496 e. The molecule has 0 heterocycles. The van der Waals surface area contributed by atoms with Crippen LogP contribution in [0.3, 0.4) is 0 Å². The summed E-state index contributed by atoms with van der Waals surface area (Å²) in [6.45, 7) is 3.69. The van der Waals surface area contributed by atoms with Crippen LogP contribution < -0.4 is 9.88 Å². The van der Waals surface area contributed by atoms with Gasteiger partial charge in [-0.15, -0.1) is 0 Å². The zero-order valence-electron chi connectivity index (χ0n) is 11.8. The van der Waals surface area contributed by atoms with Gasteiger partial charge >= 0.3 is 5.97 Å². The molecule has 2 N–H and O–H groups in total. The van der Waals surface area contributed by atoms with Crippen molar-refractivity contribution >= 4 is 16.0 Å². The maximum absolute atomic E-state index is 11.8. The van der Waals surface area contributed by atoms with Crippen LogP contribution in [-0.4, -0.2) is 27.6 Å². The van der Waals surface area contributed by atoms with Gasteiger partial charge in [-0.1, -0.05) is 6.92 Å². The first kappa shape index (κ1) is 16.5. The van der Waals surface area contributed by atoms with Gasteiger partial charge in [0.2, 0.25) is 10.0 Å². The average molecular weight is 301 g/mol. The van der Waals surface area contributed by atoms with Crippen LogP contribution >= 0.6 is 0 Å². The molecule has 7 heteroatoms. The highest BCUT2D eigenvalue weighted by molar-refractivity contribution is 7.89. The summed E-state index contributed by atoms with van der Waals surface area (Å²) in [5.41, 5.74) is 0.423. The summed E-state index contributed by atoms with van der Waals surface area (Å²) in [6.07, 6.45) is 0.451. The first-order chi connectivity index (χ1) is 9.27. The van der Waals surface area contributed by atoms with Gasteiger partial charge in [0.05, 0.1) is 24.5 Å². The number of primary sulfonamides is 1. The Morgan fingerprint density at radius 2 is 2.05 bits per heavy atom. The molecule has 0 radical (unpaired) electrons. The van der Waals surface area contributed by atoms with Crippen molar-refractivity contribution in [3.05, 3.63) is 23.8 Å². The lowest BCUT2D eigenvalue weighted by atomic mass is 10.1. The summed E-state index contributed by atoms with van der Waals surface area (Å²) in [5, 5.41) is 5.07. The molecule has 112 valence electrons. The van der Waals surface area contributed by atoms with Crippen LogP contribution in [0.5, 0.6) is 5.75 Å². The third-order valence-electron chi connectivity index (χ3n) is 2.82. The largest absolute Gasteiger partial charge is 0.496 e. The molecule has 0 spiro atoms. The maximum atomic E-state index is 11.8. The number of sulfonamides is 1. The number of esters is 1. The van der Waals surface area contributed by atoms with Crippen molar-refractivity contribution in [3.63, 3.8) is 0 Å². The zero-order chi connectivity index (χ0) is 15.3. The second-order valence-electron chi connectivity index (χ2n) is 4.40. The van der Waals surface area contributed by atoms with E-state index in [1.165, 1.54) is 25.3 Å². The Balaban J connectivity index is 3.00. The molecule has 1 aromatic carbocycles. The number of hydrogen-bond acceptors (Lipinski definition) is 5. The number of rotatable bonds is 6. The number of hydrogen-bond donors (Lipinski definition) is 1. The van der Waals surface area contributed by atoms with Gasteiger partial charge in [0.15, 0.2) is 0 Å². The van der Waals surface area contributed by atoms with Gasteiger partial charge in [-0.2, -0.15) is 0 Å². The fourth-order valence-corrected chi connectivity index (χ4v) is 2.14. The van der Waals surface area contributed by atoms with Crippen molar-refractivity contribution in [2.75, 3.05) is 7.11 Å². The van der Waals surface area contributed by atoms with E-state index in [0.717, 1.165) is 0 Å². The number of benzene rings is 1.